The highest BCUT2D eigenvalue weighted by Gasteiger charge is 2.31. The molecular formula is C16H14F3NO2. The summed E-state index contributed by atoms with van der Waals surface area (Å²) >= 11 is 0. The molecule has 2 aromatic rings. The Labute approximate surface area is 125 Å². The fourth-order valence-electron chi connectivity index (χ4n) is 2.28. The number of hydrogen-bond acceptors (Lipinski definition) is 2. The van der Waals surface area contributed by atoms with Crippen LogP contribution >= 0.6 is 0 Å². The maximum atomic E-state index is 12.8. The Morgan fingerprint density at radius 2 is 1.91 bits per heavy atom. The van der Waals surface area contributed by atoms with Crippen LogP contribution in [0, 0.1) is 6.92 Å². The molecule has 0 amide bonds. The van der Waals surface area contributed by atoms with Gasteiger partial charge in [0, 0.05) is 5.39 Å². The van der Waals surface area contributed by atoms with Gasteiger partial charge in [-0.25, -0.2) is 9.78 Å². The predicted molar refractivity (Wildman–Crippen MR) is 77.8 cm³/mol. The lowest BCUT2D eigenvalue weighted by Gasteiger charge is -2.12. The molecule has 1 aromatic carbocycles. The van der Waals surface area contributed by atoms with E-state index in [0.29, 0.717) is 10.9 Å². The van der Waals surface area contributed by atoms with Gasteiger partial charge in [0.2, 0.25) is 0 Å². The van der Waals surface area contributed by atoms with Crippen molar-refractivity contribution in [3.63, 3.8) is 0 Å². The number of rotatable bonds is 2. The number of nitrogens with zero attached hydrogens (tertiary/aromatic N) is 1. The van der Waals surface area contributed by atoms with Crippen LogP contribution in [0.15, 0.2) is 23.8 Å². The standard InChI is InChI=1S/C16H14F3NO2/c1-8(2)6-13-14(15(21)22)9(3)11-5-4-10(16(17,18)19)7-12(11)20-13/h4-7H,1-3H3,(H,21,22). The Balaban J connectivity index is 2.85. The summed E-state index contributed by atoms with van der Waals surface area (Å²) in [6.45, 7) is 5.10. The second-order valence-electron chi connectivity index (χ2n) is 5.25. The van der Waals surface area contributed by atoms with Crippen molar-refractivity contribution in [3.05, 3.63) is 46.2 Å². The Morgan fingerprint density at radius 3 is 2.41 bits per heavy atom. The van der Waals surface area contributed by atoms with Crippen LogP contribution < -0.4 is 0 Å². The lowest BCUT2D eigenvalue weighted by molar-refractivity contribution is -0.137. The number of carboxylic acid groups (broad SMARTS) is 1. The Hall–Kier alpha value is -2.37. The number of pyridine rings is 1. The fraction of sp³-hybridized carbons (Fsp3) is 0.250. The summed E-state index contributed by atoms with van der Waals surface area (Å²) in [5.41, 5.74) is 0.702. The molecule has 1 aromatic heterocycles. The number of hydrogen-bond donors (Lipinski definition) is 1. The first kappa shape index (κ1) is 16.0. The van der Waals surface area contributed by atoms with Gasteiger partial charge in [0.05, 0.1) is 22.3 Å². The molecule has 0 unspecified atom stereocenters. The van der Waals surface area contributed by atoms with Crippen LogP contribution in [-0.2, 0) is 6.18 Å². The molecule has 0 radical (unpaired) electrons. The number of halogens is 3. The lowest BCUT2D eigenvalue weighted by atomic mass is 9.99. The van der Waals surface area contributed by atoms with E-state index in [4.69, 9.17) is 0 Å². The number of fused-ring (bicyclic) bond motifs is 1. The SMILES string of the molecule is CC(C)=Cc1nc2cc(C(F)(F)F)ccc2c(C)c1C(=O)O. The van der Waals surface area contributed by atoms with Crippen LogP contribution in [0.1, 0.15) is 41.0 Å². The van der Waals surface area contributed by atoms with Gasteiger partial charge in [0.15, 0.2) is 0 Å². The van der Waals surface area contributed by atoms with Crippen LogP contribution in [-0.4, -0.2) is 16.1 Å². The number of carbonyl (C=O) groups is 1. The molecule has 22 heavy (non-hydrogen) atoms. The molecule has 0 saturated carbocycles. The van der Waals surface area contributed by atoms with Crippen LogP contribution in [0.2, 0.25) is 0 Å². The van der Waals surface area contributed by atoms with Crippen LogP contribution in [0.3, 0.4) is 0 Å². The summed E-state index contributed by atoms with van der Waals surface area (Å²) in [6, 6.07) is 3.14. The third-order valence-corrected chi connectivity index (χ3v) is 3.24. The molecular weight excluding hydrogens is 295 g/mol. The summed E-state index contributed by atoms with van der Waals surface area (Å²) in [4.78, 5) is 15.6. The van der Waals surface area contributed by atoms with Crippen LogP contribution in [0.25, 0.3) is 17.0 Å². The molecule has 0 bridgehead atoms. The van der Waals surface area contributed by atoms with E-state index in [9.17, 15) is 23.1 Å². The molecule has 0 atom stereocenters. The highest BCUT2D eigenvalue weighted by Crippen LogP contribution is 2.33. The van der Waals surface area contributed by atoms with Gasteiger partial charge in [-0.15, -0.1) is 0 Å². The molecule has 0 aliphatic rings. The first-order valence-electron chi connectivity index (χ1n) is 6.51. The van der Waals surface area contributed by atoms with E-state index in [1.165, 1.54) is 6.07 Å². The molecule has 0 spiro atoms. The zero-order valence-electron chi connectivity index (χ0n) is 12.2. The number of carboxylic acids is 1. The third kappa shape index (κ3) is 2.95. The topological polar surface area (TPSA) is 50.2 Å². The number of aryl methyl sites for hydroxylation is 1. The van der Waals surface area contributed by atoms with Gasteiger partial charge in [-0.1, -0.05) is 11.6 Å². The van der Waals surface area contributed by atoms with Gasteiger partial charge in [-0.05, 0) is 44.5 Å². The minimum Gasteiger partial charge on any atom is -0.478 e. The highest BCUT2D eigenvalue weighted by molar-refractivity contribution is 5.99. The van der Waals surface area contributed by atoms with Crippen molar-refractivity contribution in [1.82, 2.24) is 4.98 Å². The molecule has 1 heterocycles. The van der Waals surface area contributed by atoms with E-state index in [-0.39, 0.29) is 16.8 Å². The van der Waals surface area contributed by atoms with Crippen molar-refractivity contribution in [2.24, 2.45) is 0 Å². The van der Waals surface area contributed by atoms with Crippen molar-refractivity contribution in [3.8, 4) is 0 Å². The van der Waals surface area contributed by atoms with Crippen molar-refractivity contribution >= 4 is 22.9 Å². The van der Waals surface area contributed by atoms with E-state index in [1.54, 1.807) is 26.8 Å². The van der Waals surface area contributed by atoms with E-state index < -0.39 is 17.7 Å². The van der Waals surface area contributed by atoms with Crippen molar-refractivity contribution in [2.75, 3.05) is 0 Å². The number of benzene rings is 1. The number of aromatic carboxylic acids is 1. The number of allylic oxidation sites excluding steroid dienone is 1. The summed E-state index contributed by atoms with van der Waals surface area (Å²) in [6.07, 6.45) is -2.91. The first-order chi connectivity index (χ1) is 10.1. The van der Waals surface area contributed by atoms with E-state index in [2.05, 4.69) is 4.98 Å². The molecule has 2 rings (SSSR count). The molecule has 3 nitrogen and oxygen atoms in total. The molecule has 0 saturated heterocycles. The molecule has 1 N–H and O–H groups in total. The fourth-order valence-corrected chi connectivity index (χ4v) is 2.28. The smallest absolute Gasteiger partial charge is 0.416 e. The summed E-state index contributed by atoms with van der Waals surface area (Å²) < 4.78 is 38.4. The van der Waals surface area contributed by atoms with Crippen LogP contribution in [0.5, 0.6) is 0 Å². The summed E-state index contributed by atoms with van der Waals surface area (Å²) in [5.74, 6) is -1.15. The Kier molecular flexibility index (Phi) is 3.96. The van der Waals surface area contributed by atoms with Crippen LogP contribution in [0.4, 0.5) is 13.2 Å². The summed E-state index contributed by atoms with van der Waals surface area (Å²) in [5, 5.41) is 9.75. The van der Waals surface area contributed by atoms with Gasteiger partial charge in [0.1, 0.15) is 0 Å². The first-order valence-corrected chi connectivity index (χ1v) is 6.51. The minimum absolute atomic E-state index is 0.00783. The molecule has 0 aliphatic heterocycles. The van der Waals surface area contributed by atoms with Gasteiger partial charge in [-0.2, -0.15) is 13.2 Å². The normalized spacial score (nSPS) is 11.5. The molecule has 116 valence electrons. The molecule has 6 heteroatoms. The second-order valence-corrected chi connectivity index (χ2v) is 5.25. The maximum absolute atomic E-state index is 12.8. The zero-order chi connectivity index (χ0) is 16.7. The Bertz CT molecular complexity index is 788. The lowest BCUT2D eigenvalue weighted by Crippen LogP contribution is -2.08. The number of aromatic nitrogens is 1. The van der Waals surface area contributed by atoms with Crippen molar-refractivity contribution in [2.45, 2.75) is 26.9 Å². The van der Waals surface area contributed by atoms with Gasteiger partial charge in [-0.3, -0.25) is 0 Å². The van der Waals surface area contributed by atoms with Crippen molar-refractivity contribution in [1.29, 1.82) is 0 Å². The average molecular weight is 309 g/mol. The number of alkyl halides is 3. The summed E-state index contributed by atoms with van der Waals surface area (Å²) in [7, 11) is 0. The van der Waals surface area contributed by atoms with E-state index >= 15 is 0 Å². The quantitative estimate of drug-likeness (QED) is 0.876. The van der Waals surface area contributed by atoms with Gasteiger partial charge < -0.3 is 5.11 Å². The minimum atomic E-state index is -4.47. The second kappa shape index (κ2) is 5.44. The van der Waals surface area contributed by atoms with E-state index in [0.717, 1.165) is 17.7 Å². The monoisotopic (exact) mass is 309 g/mol. The van der Waals surface area contributed by atoms with Crippen molar-refractivity contribution < 1.29 is 23.1 Å². The third-order valence-electron chi connectivity index (χ3n) is 3.24. The highest BCUT2D eigenvalue weighted by atomic mass is 19.4. The largest absolute Gasteiger partial charge is 0.478 e. The average Bonchev–Trinajstić information content (AvgIpc) is 2.35. The predicted octanol–water partition coefficient (Wildman–Crippen LogP) is 4.68. The molecule has 0 aliphatic carbocycles. The Morgan fingerprint density at radius 1 is 1.27 bits per heavy atom. The van der Waals surface area contributed by atoms with Gasteiger partial charge in [0.25, 0.3) is 0 Å². The van der Waals surface area contributed by atoms with E-state index in [1.807, 2.05) is 0 Å². The molecule has 0 fully saturated rings. The van der Waals surface area contributed by atoms with Gasteiger partial charge >= 0.3 is 12.1 Å². The zero-order valence-corrected chi connectivity index (χ0v) is 12.2. The maximum Gasteiger partial charge on any atom is 0.416 e.